The van der Waals surface area contributed by atoms with Crippen molar-refractivity contribution in [2.75, 3.05) is 26.2 Å². The molecule has 0 unspecified atom stereocenters. The molecule has 1 heterocycles. The van der Waals surface area contributed by atoms with Crippen LogP contribution in [0, 0.1) is 5.92 Å². The maximum Gasteiger partial charge on any atom is 0.219 e. The molecule has 1 aliphatic heterocycles. The molecule has 0 atom stereocenters. The van der Waals surface area contributed by atoms with Crippen molar-refractivity contribution >= 4 is 17.5 Å². The fraction of sp³-hybridized carbons (Fsp3) is 0.611. The molecule has 0 aliphatic carbocycles. The molecule has 2 rings (SSSR count). The smallest absolute Gasteiger partial charge is 0.219 e. The van der Waals surface area contributed by atoms with Crippen LogP contribution in [0.25, 0.3) is 0 Å². The van der Waals surface area contributed by atoms with Crippen LogP contribution in [0.2, 0.25) is 5.02 Å². The molecule has 122 valence electrons. The van der Waals surface area contributed by atoms with Gasteiger partial charge in [0.2, 0.25) is 5.91 Å². The van der Waals surface area contributed by atoms with Crippen LogP contribution in [-0.4, -0.2) is 41.9 Å². The summed E-state index contributed by atoms with van der Waals surface area (Å²) in [4.78, 5) is 16.2. The van der Waals surface area contributed by atoms with Crippen molar-refractivity contribution in [2.24, 2.45) is 5.92 Å². The molecular formula is C18H27ClN2O. The number of carbonyl (C=O) groups is 1. The van der Waals surface area contributed by atoms with Crippen molar-refractivity contribution in [3.63, 3.8) is 0 Å². The van der Waals surface area contributed by atoms with E-state index in [1.54, 1.807) is 6.92 Å². The first-order chi connectivity index (χ1) is 10.6. The molecule has 0 aromatic heterocycles. The van der Waals surface area contributed by atoms with Crippen molar-refractivity contribution in [3.8, 4) is 0 Å². The Balaban J connectivity index is 1.77. The molecule has 0 radical (unpaired) electrons. The zero-order chi connectivity index (χ0) is 15.9. The number of benzene rings is 1. The minimum atomic E-state index is 0.213. The molecule has 1 aromatic carbocycles. The summed E-state index contributed by atoms with van der Waals surface area (Å²) in [7, 11) is 0. The predicted octanol–water partition coefficient (Wildman–Crippen LogP) is 3.81. The molecule has 1 amide bonds. The van der Waals surface area contributed by atoms with Gasteiger partial charge in [0.25, 0.3) is 0 Å². The summed E-state index contributed by atoms with van der Waals surface area (Å²) < 4.78 is 0. The maximum atomic E-state index is 11.6. The third-order valence-corrected chi connectivity index (χ3v) is 4.70. The first kappa shape index (κ1) is 17.3. The van der Waals surface area contributed by atoms with Crippen LogP contribution in [0.3, 0.4) is 0 Å². The van der Waals surface area contributed by atoms with Gasteiger partial charge in [-0.1, -0.05) is 30.7 Å². The maximum absolute atomic E-state index is 11.6. The van der Waals surface area contributed by atoms with Gasteiger partial charge in [0.05, 0.1) is 0 Å². The van der Waals surface area contributed by atoms with E-state index in [1.165, 1.54) is 18.4 Å². The fourth-order valence-corrected chi connectivity index (χ4v) is 3.26. The number of amides is 1. The number of halogens is 1. The Morgan fingerprint density at radius 3 is 2.45 bits per heavy atom. The standard InChI is InChI=1S/C18H27ClN2O/c1-3-10-21(15(2)22)14-17-8-11-20(12-9-17)13-16-4-6-18(19)7-5-16/h4-7,17H,3,8-14H2,1-2H3. The Hall–Kier alpha value is -1.06. The Kier molecular flexibility index (Phi) is 6.71. The summed E-state index contributed by atoms with van der Waals surface area (Å²) in [6.07, 6.45) is 3.40. The SMILES string of the molecule is CCCN(CC1CCN(Cc2ccc(Cl)cc2)CC1)C(C)=O. The molecule has 0 spiro atoms. The highest BCUT2D eigenvalue weighted by molar-refractivity contribution is 6.30. The molecule has 0 saturated carbocycles. The number of hydrogen-bond donors (Lipinski definition) is 0. The van der Waals surface area contributed by atoms with E-state index in [0.29, 0.717) is 5.92 Å². The van der Waals surface area contributed by atoms with Gasteiger partial charge >= 0.3 is 0 Å². The Morgan fingerprint density at radius 1 is 1.27 bits per heavy atom. The molecular weight excluding hydrogens is 296 g/mol. The summed E-state index contributed by atoms with van der Waals surface area (Å²) in [6, 6.07) is 8.12. The predicted molar refractivity (Wildman–Crippen MR) is 92.0 cm³/mol. The van der Waals surface area contributed by atoms with Gasteiger partial charge in [-0.15, -0.1) is 0 Å². The third-order valence-electron chi connectivity index (χ3n) is 4.44. The van der Waals surface area contributed by atoms with E-state index in [0.717, 1.165) is 44.2 Å². The first-order valence-electron chi connectivity index (χ1n) is 8.30. The highest BCUT2D eigenvalue weighted by Gasteiger charge is 2.22. The molecule has 4 heteroatoms. The number of piperidine rings is 1. The van der Waals surface area contributed by atoms with E-state index in [1.807, 2.05) is 17.0 Å². The number of likely N-dealkylation sites (tertiary alicyclic amines) is 1. The van der Waals surface area contributed by atoms with Crippen LogP contribution in [0.1, 0.15) is 38.7 Å². The van der Waals surface area contributed by atoms with Gasteiger partial charge in [0.1, 0.15) is 0 Å². The van der Waals surface area contributed by atoms with Crippen LogP contribution in [-0.2, 0) is 11.3 Å². The highest BCUT2D eigenvalue weighted by atomic mass is 35.5. The molecule has 1 aliphatic rings. The normalized spacial score (nSPS) is 16.7. The topological polar surface area (TPSA) is 23.6 Å². The molecule has 22 heavy (non-hydrogen) atoms. The van der Waals surface area contributed by atoms with E-state index in [4.69, 9.17) is 11.6 Å². The average Bonchev–Trinajstić information content (AvgIpc) is 2.51. The first-order valence-corrected chi connectivity index (χ1v) is 8.68. The lowest BCUT2D eigenvalue weighted by Crippen LogP contribution is -2.40. The Morgan fingerprint density at radius 2 is 1.91 bits per heavy atom. The van der Waals surface area contributed by atoms with Gasteiger partial charge in [-0.2, -0.15) is 0 Å². The van der Waals surface area contributed by atoms with E-state index < -0.39 is 0 Å². The van der Waals surface area contributed by atoms with Gasteiger partial charge in [0, 0.05) is 31.6 Å². The second kappa shape index (κ2) is 8.54. The van der Waals surface area contributed by atoms with Gasteiger partial charge in [0.15, 0.2) is 0 Å². The van der Waals surface area contributed by atoms with Crippen LogP contribution >= 0.6 is 11.6 Å². The van der Waals surface area contributed by atoms with Crippen LogP contribution < -0.4 is 0 Å². The van der Waals surface area contributed by atoms with Crippen molar-refractivity contribution in [1.82, 2.24) is 9.80 Å². The zero-order valence-corrected chi connectivity index (χ0v) is 14.5. The van der Waals surface area contributed by atoms with E-state index >= 15 is 0 Å². The Labute approximate surface area is 139 Å². The molecule has 1 fully saturated rings. The molecule has 0 bridgehead atoms. The highest BCUT2D eigenvalue weighted by Crippen LogP contribution is 2.21. The summed E-state index contributed by atoms with van der Waals surface area (Å²) in [6.45, 7) is 8.86. The van der Waals surface area contributed by atoms with Crippen molar-refractivity contribution in [2.45, 2.75) is 39.7 Å². The zero-order valence-electron chi connectivity index (χ0n) is 13.7. The molecule has 1 aromatic rings. The van der Waals surface area contributed by atoms with Crippen LogP contribution in [0.5, 0.6) is 0 Å². The lowest BCUT2D eigenvalue weighted by molar-refractivity contribution is -0.129. The number of rotatable bonds is 6. The van der Waals surface area contributed by atoms with Crippen molar-refractivity contribution < 1.29 is 4.79 Å². The van der Waals surface area contributed by atoms with Gasteiger partial charge in [-0.05, 0) is 56.0 Å². The lowest BCUT2D eigenvalue weighted by Gasteiger charge is -2.34. The second-order valence-corrected chi connectivity index (χ2v) is 6.75. The minimum Gasteiger partial charge on any atom is -0.343 e. The van der Waals surface area contributed by atoms with E-state index in [9.17, 15) is 4.79 Å². The quantitative estimate of drug-likeness (QED) is 0.795. The Bertz CT molecular complexity index is 466. The van der Waals surface area contributed by atoms with Gasteiger partial charge < -0.3 is 4.90 Å². The van der Waals surface area contributed by atoms with Crippen LogP contribution in [0.15, 0.2) is 24.3 Å². The minimum absolute atomic E-state index is 0.213. The summed E-state index contributed by atoms with van der Waals surface area (Å²) >= 11 is 5.93. The van der Waals surface area contributed by atoms with Crippen molar-refractivity contribution in [1.29, 1.82) is 0 Å². The molecule has 0 N–H and O–H groups in total. The second-order valence-electron chi connectivity index (χ2n) is 6.31. The summed E-state index contributed by atoms with van der Waals surface area (Å²) in [5.41, 5.74) is 1.32. The van der Waals surface area contributed by atoms with E-state index in [-0.39, 0.29) is 5.91 Å². The van der Waals surface area contributed by atoms with Crippen molar-refractivity contribution in [3.05, 3.63) is 34.9 Å². The number of nitrogens with zero attached hydrogens (tertiary/aromatic N) is 2. The summed E-state index contributed by atoms with van der Waals surface area (Å²) in [5, 5.41) is 0.794. The fourth-order valence-electron chi connectivity index (χ4n) is 3.13. The monoisotopic (exact) mass is 322 g/mol. The largest absolute Gasteiger partial charge is 0.343 e. The van der Waals surface area contributed by atoms with Gasteiger partial charge in [-0.25, -0.2) is 0 Å². The average molecular weight is 323 g/mol. The van der Waals surface area contributed by atoms with Gasteiger partial charge in [-0.3, -0.25) is 9.69 Å². The van der Waals surface area contributed by atoms with Crippen LogP contribution in [0.4, 0.5) is 0 Å². The summed E-state index contributed by atoms with van der Waals surface area (Å²) in [5.74, 6) is 0.863. The number of hydrogen-bond acceptors (Lipinski definition) is 2. The lowest BCUT2D eigenvalue weighted by atomic mass is 9.95. The molecule has 1 saturated heterocycles. The van der Waals surface area contributed by atoms with E-state index in [2.05, 4.69) is 24.0 Å². The number of carbonyl (C=O) groups excluding carboxylic acids is 1. The third kappa shape index (κ3) is 5.29. The molecule has 3 nitrogen and oxygen atoms in total.